The first kappa shape index (κ1) is 17.7. The van der Waals surface area contributed by atoms with E-state index in [-0.39, 0.29) is 0 Å². The number of aromatic amines is 2. The number of H-pyrrole nitrogens is 2. The molecule has 3 N–H and O–H groups in total. The molecule has 29 heavy (non-hydrogen) atoms. The maximum Gasteiger partial charge on any atom is 0.151 e. The summed E-state index contributed by atoms with van der Waals surface area (Å²) in [7, 11) is 2.10. The molecule has 1 saturated heterocycles. The van der Waals surface area contributed by atoms with Crippen LogP contribution in [0.2, 0.25) is 0 Å². The fraction of sp³-hybridized carbons (Fsp3) is 0.350. The van der Waals surface area contributed by atoms with E-state index in [9.17, 15) is 0 Å². The summed E-state index contributed by atoms with van der Waals surface area (Å²) in [6.45, 7) is 3.26. The van der Waals surface area contributed by atoms with Gasteiger partial charge in [-0.3, -0.25) is 5.10 Å². The van der Waals surface area contributed by atoms with Crippen LogP contribution < -0.4 is 10.2 Å². The third-order valence-corrected chi connectivity index (χ3v) is 5.72. The lowest BCUT2D eigenvalue weighted by atomic mass is 9.99. The molecule has 2 atom stereocenters. The lowest BCUT2D eigenvalue weighted by molar-refractivity contribution is 0.370. The molecule has 5 rings (SSSR count). The Morgan fingerprint density at radius 1 is 1.03 bits per heavy atom. The Labute approximate surface area is 167 Å². The number of fused-ring (bicyclic) bond motifs is 1. The molecule has 148 valence electrons. The molecule has 9 heteroatoms. The minimum atomic E-state index is 0.475. The van der Waals surface area contributed by atoms with Gasteiger partial charge in [-0.25, -0.2) is 0 Å². The predicted octanol–water partition coefficient (Wildman–Crippen LogP) is 2.38. The van der Waals surface area contributed by atoms with Crippen LogP contribution in [0.5, 0.6) is 0 Å². The largest absolute Gasteiger partial charge is 0.355 e. The number of nitrogens with one attached hydrogen (secondary N) is 3. The molecule has 4 aromatic rings. The topological polar surface area (TPSA) is 111 Å². The zero-order chi connectivity index (χ0) is 19.8. The zero-order valence-electron chi connectivity index (χ0n) is 16.4. The summed E-state index contributed by atoms with van der Waals surface area (Å²) in [6.07, 6.45) is 5.83. The van der Waals surface area contributed by atoms with Gasteiger partial charge in [-0.05, 0) is 44.5 Å². The summed E-state index contributed by atoms with van der Waals surface area (Å²) in [5, 5.41) is 30.8. The van der Waals surface area contributed by atoms with Crippen LogP contribution in [0.15, 0.2) is 36.7 Å². The van der Waals surface area contributed by atoms with Crippen molar-refractivity contribution in [2.75, 3.05) is 18.5 Å². The van der Waals surface area contributed by atoms with E-state index in [0.717, 1.165) is 58.6 Å². The fourth-order valence-electron chi connectivity index (χ4n) is 4.07. The molecule has 0 saturated carbocycles. The third kappa shape index (κ3) is 3.23. The van der Waals surface area contributed by atoms with E-state index in [1.54, 1.807) is 6.20 Å². The Kier molecular flexibility index (Phi) is 4.44. The summed E-state index contributed by atoms with van der Waals surface area (Å²) in [4.78, 5) is 2.24. The summed E-state index contributed by atoms with van der Waals surface area (Å²) in [5.74, 6) is 0.888. The van der Waals surface area contributed by atoms with Crippen LogP contribution in [0.3, 0.4) is 0 Å². The van der Waals surface area contributed by atoms with Crippen LogP contribution in [0.4, 0.5) is 5.82 Å². The molecule has 1 aliphatic rings. The van der Waals surface area contributed by atoms with Crippen LogP contribution in [0.1, 0.15) is 19.8 Å². The van der Waals surface area contributed by atoms with Crippen molar-refractivity contribution in [1.82, 2.24) is 41.1 Å². The first-order chi connectivity index (χ1) is 14.2. The molecular formula is C20H23N9. The Hall–Kier alpha value is -3.33. The van der Waals surface area contributed by atoms with Crippen LogP contribution in [-0.4, -0.2) is 61.5 Å². The SMILES string of the molecule is CC1CC(N(C)c2ccc(-c3ccc(-c4cn[nH]c4)c4n[nH]nc34)nn2)CCN1. The molecule has 1 aromatic carbocycles. The van der Waals surface area contributed by atoms with Gasteiger partial charge < -0.3 is 10.2 Å². The number of piperidine rings is 1. The van der Waals surface area contributed by atoms with Gasteiger partial charge in [0.1, 0.15) is 11.0 Å². The van der Waals surface area contributed by atoms with E-state index in [1.165, 1.54) is 0 Å². The van der Waals surface area contributed by atoms with Gasteiger partial charge in [0.15, 0.2) is 5.82 Å². The number of hydrogen-bond donors (Lipinski definition) is 3. The van der Waals surface area contributed by atoms with Crippen molar-refractivity contribution in [3.63, 3.8) is 0 Å². The Morgan fingerprint density at radius 3 is 2.59 bits per heavy atom. The van der Waals surface area contributed by atoms with Crippen molar-refractivity contribution < 1.29 is 0 Å². The summed E-state index contributed by atoms with van der Waals surface area (Å²) < 4.78 is 0. The molecule has 2 unspecified atom stereocenters. The van der Waals surface area contributed by atoms with E-state index in [1.807, 2.05) is 30.5 Å². The van der Waals surface area contributed by atoms with Gasteiger partial charge in [0.05, 0.1) is 11.9 Å². The second-order valence-electron chi connectivity index (χ2n) is 7.59. The monoisotopic (exact) mass is 389 g/mol. The third-order valence-electron chi connectivity index (χ3n) is 5.72. The highest BCUT2D eigenvalue weighted by molar-refractivity contribution is 5.99. The molecular weight excluding hydrogens is 366 g/mol. The molecule has 0 spiro atoms. The van der Waals surface area contributed by atoms with E-state index >= 15 is 0 Å². The van der Waals surface area contributed by atoms with E-state index in [4.69, 9.17) is 0 Å². The Morgan fingerprint density at radius 2 is 1.86 bits per heavy atom. The van der Waals surface area contributed by atoms with Crippen molar-refractivity contribution in [2.24, 2.45) is 0 Å². The van der Waals surface area contributed by atoms with E-state index in [2.05, 4.69) is 60.0 Å². The average molecular weight is 389 g/mol. The number of aromatic nitrogens is 7. The maximum absolute atomic E-state index is 4.50. The van der Waals surface area contributed by atoms with Gasteiger partial charge in [-0.2, -0.15) is 20.5 Å². The highest BCUT2D eigenvalue weighted by Gasteiger charge is 2.23. The summed E-state index contributed by atoms with van der Waals surface area (Å²) >= 11 is 0. The number of benzene rings is 1. The highest BCUT2D eigenvalue weighted by Crippen LogP contribution is 2.32. The molecule has 0 amide bonds. The van der Waals surface area contributed by atoms with Gasteiger partial charge in [-0.1, -0.05) is 6.07 Å². The van der Waals surface area contributed by atoms with Crippen LogP contribution in [-0.2, 0) is 0 Å². The highest BCUT2D eigenvalue weighted by atomic mass is 15.3. The number of rotatable bonds is 4. The normalized spacial score (nSPS) is 19.5. The lowest BCUT2D eigenvalue weighted by Gasteiger charge is -2.35. The molecule has 0 aliphatic carbocycles. The second-order valence-corrected chi connectivity index (χ2v) is 7.59. The summed E-state index contributed by atoms with van der Waals surface area (Å²) in [5.41, 5.74) is 5.17. The van der Waals surface area contributed by atoms with Crippen molar-refractivity contribution in [3.8, 4) is 22.4 Å². The maximum atomic E-state index is 4.50. The predicted molar refractivity (Wildman–Crippen MR) is 111 cm³/mol. The minimum absolute atomic E-state index is 0.475. The molecule has 1 fully saturated rings. The molecule has 1 aliphatic heterocycles. The average Bonchev–Trinajstić information content (AvgIpc) is 3.45. The van der Waals surface area contributed by atoms with Crippen LogP contribution in [0, 0.1) is 0 Å². The smallest absolute Gasteiger partial charge is 0.151 e. The molecule has 3 aromatic heterocycles. The first-order valence-corrected chi connectivity index (χ1v) is 9.83. The van der Waals surface area contributed by atoms with Gasteiger partial charge in [0.25, 0.3) is 0 Å². The van der Waals surface area contributed by atoms with Gasteiger partial charge >= 0.3 is 0 Å². The lowest BCUT2D eigenvalue weighted by Crippen LogP contribution is -2.45. The minimum Gasteiger partial charge on any atom is -0.355 e. The summed E-state index contributed by atoms with van der Waals surface area (Å²) in [6, 6.07) is 9.06. The van der Waals surface area contributed by atoms with E-state index < -0.39 is 0 Å². The van der Waals surface area contributed by atoms with Crippen molar-refractivity contribution in [2.45, 2.75) is 31.8 Å². The van der Waals surface area contributed by atoms with Crippen LogP contribution in [0.25, 0.3) is 33.4 Å². The van der Waals surface area contributed by atoms with Crippen molar-refractivity contribution in [3.05, 3.63) is 36.7 Å². The zero-order valence-corrected chi connectivity index (χ0v) is 16.4. The quantitative estimate of drug-likeness (QED) is 0.491. The molecule has 0 bridgehead atoms. The Bertz CT molecular complexity index is 1100. The van der Waals surface area contributed by atoms with Gasteiger partial charge in [0, 0.05) is 42.0 Å². The van der Waals surface area contributed by atoms with Crippen LogP contribution >= 0.6 is 0 Å². The molecule has 9 nitrogen and oxygen atoms in total. The molecule has 4 heterocycles. The fourth-order valence-corrected chi connectivity index (χ4v) is 4.07. The number of hydrogen-bond acceptors (Lipinski definition) is 7. The van der Waals surface area contributed by atoms with E-state index in [0.29, 0.717) is 12.1 Å². The number of anilines is 1. The standard InChI is InChI=1S/C20H23N9/c1-12-9-14(7-8-21-12)29(2)18-6-5-17(24-25-18)16-4-3-15(13-10-22-23-11-13)19-20(16)27-28-26-19/h3-6,10-12,14,21H,7-9H2,1-2H3,(H,22,23)(H,26,27,28). The van der Waals surface area contributed by atoms with Gasteiger partial charge in [-0.15, -0.1) is 10.2 Å². The first-order valence-electron chi connectivity index (χ1n) is 9.83. The van der Waals surface area contributed by atoms with Crippen molar-refractivity contribution in [1.29, 1.82) is 0 Å². The van der Waals surface area contributed by atoms with Crippen molar-refractivity contribution >= 4 is 16.9 Å². The number of nitrogens with zero attached hydrogens (tertiary/aromatic N) is 6. The Balaban J connectivity index is 1.45. The van der Waals surface area contributed by atoms with Gasteiger partial charge in [0.2, 0.25) is 0 Å². The molecule has 0 radical (unpaired) electrons. The second kappa shape index (κ2) is 7.25.